The monoisotopic (exact) mass is 227 g/mol. The van der Waals surface area contributed by atoms with Crippen LogP contribution in [-0.2, 0) is 0 Å². The molecule has 1 saturated heterocycles. The number of nitrogens with two attached hydrogens (primary N) is 1. The third kappa shape index (κ3) is 4.39. The number of hydrogen-bond donors (Lipinski definition) is 2. The maximum Gasteiger partial charge on any atom is 0.317 e. The lowest BCUT2D eigenvalue weighted by molar-refractivity contribution is 0.194. The van der Waals surface area contributed by atoms with Crippen molar-refractivity contribution in [3.8, 4) is 0 Å². The van der Waals surface area contributed by atoms with Gasteiger partial charge in [0.1, 0.15) is 0 Å². The first-order valence-electron chi connectivity index (χ1n) is 6.28. The second kappa shape index (κ2) is 6.09. The third-order valence-electron chi connectivity index (χ3n) is 3.16. The molecule has 0 saturated carbocycles. The highest BCUT2D eigenvalue weighted by molar-refractivity contribution is 5.74. The van der Waals surface area contributed by atoms with Gasteiger partial charge >= 0.3 is 6.03 Å². The van der Waals surface area contributed by atoms with Crippen LogP contribution < -0.4 is 11.1 Å². The van der Waals surface area contributed by atoms with Crippen molar-refractivity contribution in [1.82, 2.24) is 10.2 Å². The van der Waals surface area contributed by atoms with Gasteiger partial charge in [-0.25, -0.2) is 4.79 Å². The van der Waals surface area contributed by atoms with E-state index in [-0.39, 0.29) is 11.4 Å². The summed E-state index contributed by atoms with van der Waals surface area (Å²) >= 11 is 0. The summed E-state index contributed by atoms with van der Waals surface area (Å²) in [5, 5.41) is 2.98. The Morgan fingerprint density at radius 1 is 1.25 bits per heavy atom. The van der Waals surface area contributed by atoms with Gasteiger partial charge < -0.3 is 16.0 Å². The van der Waals surface area contributed by atoms with Gasteiger partial charge in [-0.05, 0) is 24.8 Å². The van der Waals surface area contributed by atoms with E-state index in [1.54, 1.807) is 0 Å². The van der Waals surface area contributed by atoms with Gasteiger partial charge in [-0.2, -0.15) is 0 Å². The van der Waals surface area contributed by atoms with Crippen LogP contribution in [0.1, 0.15) is 39.5 Å². The summed E-state index contributed by atoms with van der Waals surface area (Å²) < 4.78 is 0. The fraction of sp³-hybridized carbons (Fsp3) is 0.917. The Hall–Kier alpha value is -0.770. The minimum absolute atomic E-state index is 0.0124. The van der Waals surface area contributed by atoms with E-state index in [1.165, 1.54) is 12.8 Å². The minimum Gasteiger partial charge on any atom is -0.337 e. The molecule has 1 rings (SSSR count). The van der Waals surface area contributed by atoms with Crippen LogP contribution in [0.3, 0.4) is 0 Å². The molecule has 0 unspecified atom stereocenters. The summed E-state index contributed by atoms with van der Waals surface area (Å²) in [5.41, 5.74) is 5.62. The van der Waals surface area contributed by atoms with Gasteiger partial charge in [0.2, 0.25) is 0 Å². The fourth-order valence-corrected chi connectivity index (χ4v) is 1.77. The molecule has 4 nitrogen and oxygen atoms in total. The van der Waals surface area contributed by atoms with Crippen LogP contribution in [0.5, 0.6) is 0 Å². The molecule has 0 aromatic rings. The van der Waals surface area contributed by atoms with Crippen molar-refractivity contribution >= 4 is 6.03 Å². The smallest absolute Gasteiger partial charge is 0.317 e. The first kappa shape index (κ1) is 13.3. The van der Waals surface area contributed by atoms with Gasteiger partial charge in [0, 0.05) is 19.6 Å². The lowest BCUT2D eigenvalue weighted by Gasteiger charge is -2.26. The van der Waals surface area contributed by atoms with Crippen molar-refractivity contribution < 1.29 is 4.79 Å². The summed E-state index contributed by atoms with van der Waals surface area (Å²) in [6.07, 6.45) is 4.76. The third-order valence-corrected chi connectivity index (χ3v) is 3.16. The maximum absolute atomic E-state index is 11.9. The summed E-state index contributed by atoms with van der Waals surface area (Å²) in [5.74, 6) is 0. The Morgan fingerprint density at radius 3 is 2.31 bits per heavy atom. The molecule has 16 heavy (non-hydrogen) atoms. The Labute approximate surface area is 98.6 Å². The number of urea groups is 1. The molecule has 0 aromatic carbocycles. The topological polar surface area (TPSA) is 58.4 Å². The first-order chi connectivity index (χ1) is 7.55. The predicted octanol–water partition coefficient (Wildman–Crippen LogP) is 1.56. The number of rotatable bonds is 3. The normalized spacial score (nSPS) is 18.1. The summed E-state index contributed by atoms with van der Waals surface area (Å²) in [6, 6.07) is 0.0726. The van der Waals surface area contributed by atoms with E-state index in [9.17, 15) is 4.79 Å². The zero-order chi connectivity index (χ0) is 12.0. The van der Waals surface area contributed by atoms with Gasteiger partial charge in [0.25, 0.3) is 0 Å². The maximum atomic E-state index is 11.9. The van der Waals surface area contributed by atoms with E-state index in [2.05, 4.69) is 19.2 Å². The predicted molar refractivity (Wildman–Crippen MR) is 66.3 cm³/mol. The highest BCUT2D eigenvalue weighted by Gasteiger charge is 2.19. The van der Waals surface area contributed by atoms with Crippen LogP contribution in [0.4, 0.5) is 4.79 Å². The molecule has 1 aliphatic heterocycles. The molecule has 0 spiro atoms. The zero-order valence-corrected chi connectivity index (χ0v) is 10.6. The molecule has 3 N–H and O–H groups in total. The molecule has 0 radical (unpaired) electrons. The molecular weight excluding hydrogens is 202 g/mol. The van der Waals surface area contributed by atoms with Gasteiger partial charge in [-0.1, -0.05) is 26.7 Å². The highest BCUT2D eigenvalue weighted by Crippen LogP contribution is 2.12. The largest absolute Gasteiger partial charge is 0.337 e. The molecular formula is C12H25N3O. The molecule has 0 aliphatic carbocycles. The van der Waals surface area contributed by atoms with E-state index in [0.29, 0.717) is 13.1 Å². The SMILES string of the molecule is CC(C)(CN)CNC(=O)N1CCCCCC1. The van der Waals surface area contributed by atoms with Crippen molar-refractivity contribution in [1.29, 1.82) is 0 Å². The molecule has 1 aliphatic rings. The van der Waals surface area contributed by atoms with Crippen molar-refractivity contribution in [2.45, 2.75) is 39.5 Å². The van der Waals surface area contributed by atoms with Crippen molar-refractivity contribution in [2.75, 3.05) is 26.2 Å². The van der Waals surface area contributed by atoms with Gasteiger partial charge in [-0.3, -0.25) is 0 Å². The molecule has 4 heteroatoms. The Morgan fingerprint density at radius 2 is 1.81 bits per heavy atom. The molecule has 1 heterocycles. The zero-order valence-electron chi connectivity index (χ0n) is 10.6. The Balaban J connectivity index is 2.33. The van der Waals surface area contributed by atoms with Gasteiger partial charge in [0.05, 0.1) is 0 Å². The summed E-state index contributed by atoms with van der Waals surface area (Å²) in [4.78, 5) is 13.8. The number of amides is 2. The minimum atomic E-state index is -0.0124. The average Bonchev–Trinajstić information content (AvgIpc) is 2.54. The van der Waals surface area contributed by atoms with Crippen LogP contribution >= 0.6 is 0 Å². The van der Waals surface area contributed by atoms with Crippen molar-refractivity contribution in [3.63, 3.8) is 0 Å². The van der Waals surface area contributed by atoms with Crippen LogP contribution in [0.25, 0.3) is 0 Å². The number of likely N-dealkylation sites (tertiary alicyclic amines) is 1. The molecule has 1 fully saturated rings. The molecule has 0 bridgehead atoms. The lowest BCUT2D eigenvalue weighted by atomic mass is 9.94. The van der Waals surface area contributed by atoms with Crippen LogP contribution in [0, 0.1) is 5.41 Å². The second-order valence-electron chi connectivity index (χ2n) is 5.43. The van der Waals surface area contributed by atoms with E-state index < -0.39 is 0 Å². The molecule has 2 amide bonds. The number of carbonyl (C=O) groups is 1. The number of hydrogen-bond acceptors (Lipinski definition) is 2. The summed E-state index contributed by atoms with van der Waals surface area (Å²) in [6.45, 7) is 7.17. The van der Waals surface area contributed by atoms with Crippen LogP contribution in [-0.4, -0.2) is 37.1 Å². The fourth-order valence-electron chi connectivity index (χ4n) is 1.77. The lowest BCUT2D eigenvalue weighted by Crippen LogP contribution is -2.45. The van der Waals surface area contributed by atoms with Gasteiger partial charge in [-0.15, -0.1) is 0 Å². The number of nitrogens with zero attached hydrogens (tertiary/aromatic N) is 1. The second-order valence-corrected chi connectivity index (χ2v) is 5.43. The Kier molecular flexibility index (Phi) is 5.06. The number of carbonyl (C=O) groups excluding carboxylic acids is 1. The molecule has 94 valence electrons. The first-order valence-corrected chi connectivity index (χ1v) is 6.28. The average molecular weight is 227 g/mol. The van der Waals surface area contributed by atoms with E-state index in [0.717, 1.165) is 25.9 Å². The summed E-state index contributed by atoms with van der Waals surface area (Å²) in [7, 11) is 0. The standard InChI is InChI=1S/C12H25N3O/c1-12(2,9-13)10-14-11(16)15-7-5-3-4-6-8-15/h3-10,13H2,1-2H3,(H,14,16). The van der Waals surface area contributed by atoms with Crippen LogP contribution in [0.15, 0.2) is 0 Å². The Bertz CT molecular complexity index is 220. The van der Waals surface area contributed by atoms with Crippen molar-refractivity contribution in [3.05, 3.63) is 0 Å². The van der Waals surface area contributed by atoms with E-state index >= 15 is 0 Å². The van der Waals surface area contributed by atoms with E-state index in [1.807, 2.05) is 4.90 Å². The number of nitrogens with one attached hydrogen (secondary N) is 1. The van der Waals surface area contributed by atoms with Gasteiger partial charge in [0.15, 0.2) is 0 Å². The van der Waals surface area contributed by atoms with Crippen LogP contribution in [0.2, 0.25) is 0 Å². The highest BCUT2D eigenvalue weighted by atomic mass is 16.2. The molecule has 0 aromatic heterocycles. The van der Waals surface area contributed by atoms with Crippen molar-refractivity contribution in [2.24, 2.45) is 11.1 Å². The van der Waals surface area contributed by atoms with E-state index in [4.69, 9.17) is 5.73 Å². The quantitative estimate of drug-likeness (QED) is 0.768. The molecule has 0 atom stereocenters.